The zero-order valence-electron chi connectivity index (χ0n) is 13.8. The third-order valence-corrected chi connectivity index (χ3v) is 4.49. The van der Waals surface area contributed by atoms with Crippen molar-refractivity contribution >= 4 is 29.1 Å². The lowest BCUT2D eigenvalue weighted by molar-refractivity contribution is -0.127. The fourth-order valence-corrected chi connectivity index (χ4v) is 2.62. The number of amides is 1. The lowest BCUT2D eigenvalue weighted by atomic mass is 10.1. The first-order valence-electron chi connectivity index (χ1n) is 7.92. The Morgan fingerprint density at radius 1 is 1.08 bits per heavy atom. The average Bonchev–Trinajstić information content (AvgIpc) is 2.58. The van der Waals surface area contributed by atoms with E-state index in [0.29, 0.717) is 15.8 Å². The van der Waals surface area contributed by atoms with Gasteiger partial charge in [-0.2, -0.15) is 0 Å². The minimum atomic E-state index is -0.653. The highest BCUT2D eigenvalue weighted by Gasteiger charge is 2.18. The summed E-state index contributed by atoms with van der Waals surface area (Å²) >= 11 is 12.0. The van der Waals surface area contributed by atoms with Crippen LogP contribution in [0.4, 0.5) is 0 Å². The molecule has 3 nitrogen and oxygen atoms in total. The maximum Gasteiger partial charge on any atom is 0.260 e. The Kier molecular flexibility index (Phi) is 6.95. The van der Waals surface area contributed by atoms with E-state index in [9.17, 15) is 4.79 Å². The second kappa shape index (κ2) is 8.95. The van der Waals surface area contributed by atoms with E-state index < -0.39 is 6.10 Å². The molecule has 0 aliphatic carbocycles. The van der Waals surface area contributed by atoms with Gasteiger partial charge >= 0.3 is 0 Å². The van der Waals surface area contributed by atoms with Gasteiger partial charge in [0.15, 0.2) is 6.10 Å². The van der Waals surface area contributed by atoms with Crippen LogP contribution in [0.3, 0.4) is 0 Å². The Hall–Kier alpha value is -1.71. The molecular weight excluding hydrogens is 345 g/mol. The summed E-state index contributed by atoms with van der Waals surface area (Å²) < 4.78 is 5.62. The van der Waals surface area contributed by atoms with Gasteiger partial charge in [-0.1, -0.05) is 59.6 Å². The third-order valence-electron chi connectivity index (χ3n) is 3.69. The first-order chi connectivity index (χ1) is 11.5. The summed E-state index contributed by atoms with van der Waals surface area (Å²) in [5, 5.41) is 3.68. The van der Waals surface area contributed by atoms with Crippen LogP contribution in [-0.2, 0) is 11.2 Å². The Labute approximate surface area is 152 Å². The molecule has 0 fully saturated rings. The van der Waals surface area contributed by atoms with Crippen molar-refractivity contribution < 1.29 is 9.53 Å². The molecule has 0 unspecified atom stereocenters. The Morgan fingerprint density at radius 2 is 1.79 bits per heavy atom. The quantitative estimate of drug-likeness (QED) is 0.757. The molecular formula is C19H21Cl2NO2. The molecule has 1 N–H and O–H groups in total. The molecule has 5 heteroatoms. The van der Waals surface area contributed by atoms with E-state index in [1.165, 1.54) is 5.56 Å². The van der Waals surface area contributed by atoms with Crippen LogP contribution < -0.4 is 10.1 Å². The van der Waals surface area contributed by atoms with Crippen LogP contribution in [0.15, 0.2) is 48.5 Å². The maximum absolute atomic E-state index is 12.3. The summed E-state index contributed by atoms with van der Waals surface area (Å²) in [6.45, 7) is 3.68. The molecule has 0 heterocycles. The van der Waals surface area contributed by atoms with Gasteiger partial charge in [-0.25, -0.2) is 0 Å². The summed E-state index contributed by atoms with van der Waals surface area (Å²) in [6.07, 6.45) is 1.12. The number of rotatable bonds is 7. The number of hydrogen-bond donors (Lipinski definition) is 1. The SMILES string of the molecule is C[C@@H](CCc1ccccc1)NC(=O)[C@@H](C)Oc1cccc(Cl)c1Cl. The van der Waals surface area contributed by atoms with Crippen LogP contribution in [0.5, 0.6) is 5.75 Å². The predicted molar refractivity (Wildman–Crippen MR) is 98.9 cm³/mol. The fraction of sp³-hybridized carbons (Fsp3) is 0.316. The van der Waals surface area contributed by atoms with Crippen molar-refractivity contribution in [2.24, 2.45) is 0 Å². The van der Waals surface area contributed by atoms with Crippen molar-refractivity contribution in [1.82, 2.24) is 5.32 Å². The molecule has 0 saturated heterocycles. The molecule has 128 valence electrons. The molecule has 0 bridgehead atoms. The predicted octanol–water partition coefficient (Wildman–Crippen LogP) is 4.90. The molecule has 0 aliphatic rings. The maximum atomic E-state index is 12.3. The number of carbonyl (C=O) groups is 1. The number of nitrogens with one attached hydrogen (secondary N) is 1. The molecule has 24 heavy (non-hydrogen) atoms. The molecule has 0 saturated carbocycles. The van der Waals surface area contributed by atoms with Crippen molar-refractivity contribution in [2.75, 3.05) is 0 Å². The van der Waals surface area contributed by atoms with Gasteiger partial charge in [0.05, 0.1) is 5.02 Å². The zero-order valence-corrected chi connectivity index (χ0v) is 15.3. The van der Waals surface area contributed by atoms with Gasteiger partial charge in [-0.3, -0.25) is 4.79 Å². The van der Waals surface area contributed by atoms with Gasteiger partial charge in [0.25, 0.3) is 5.91 Å². The third kappa shape index (κ3) is 5.43. The largest absolute Gasteiger partial charge is 0.479 e. The van der Waals surface area contributed by atoms with E-state index in [-0.39, 0.29) is 11.9 Å². The van der Waals surface area contributed by atoms with Gasteiger partial charge in [0.1, 0.15) is 10.8 Å². The highest BCUT2D eigenvalue weighted by atomic mass is 35.5. The van der Waals surface area contributed by atoms with Crippen LogP contribution in [0, 0.1) is 0 Å². The molecule has 2 atom stereocenters. The molecule has 2 rings (SSSR count). The van der Waals surface area contributed by atoms with Crippen molar-refractivity contribution in [3.05, 3.63) is 64.1 Å². The van der Waals surface area contributed by atoms with E-state index in [4.69, 9.17) is 27.9 Å². The average molecular weight is 366 g/mol. The highest BCUT2D eigenvalue weighted by molar-refractivity contribution is 6.42. The highest BCUT2D eigenvalue weighted by Crippen LogP contribution is 2.32. The summed E-state index contributed by atoms with van der Waals surface area (Å²) in [6, 6.07) is 15.4. The molecule has 0 aromatic heterocycles. The van der Waals surface area contributed by atoms with Crippen LogP contribution in [0.1, 0.15) is 25.8 Å². The summed E-state index contributed by atoms with van der Waals surface area (Å²) in [7, 11) is 0. The molecule has 0 spiro atoms. The topological polar surface area (TPSA) is 38.3 Å². The first-order valence-corrected chi connectivity index (χ1v) is 8.68. The number of halogens is 2. The summed E-state index contributed by atoms with van der Waals surface area (Å²) in [5.41, 5.74) is 1.26. The van der Waals surface area contributed by atoms with Crippen molar-refractivity contribution in [3.8, 4) is 5.75 Å². The second-order valence-electron chi connectivity index (χ2n) is 5.75. The second-order valence-corrected chi connectivity index (χ2v) is 6.53. The number of benzene rings is 2. The van der Waals surface area contributed by atoms with E-state index in [0.717, 1.165) is 12.8 Å². The summed E-state index contributed by atoms with van der Waals surface area (Å²) in [5.74, 6) is 0.232. The summed E-state index contributed by atoms with van der Waals surface area (Å²) in [4.78, 5) is 12.3. The van der Waals surface area contributed by atoms with Crippen LogP contribution in [0.25, 0.3) is 0 Å². The molecule has 2 aromatic rings. The van der Waals surface area contributed by atoms with Gasteiger partial charge in [0.2, 0.25) is 0 Å². The van der Waals surface area contributed by atoms with E-state index in [2.05, 4.69) is 17.4 Å². The van der Waals surface area contributed by atoms with Crippen LogP contribution >= 0.6 is 23.2 Å². The van der Waals surface area contributed by atoms with E-state index >= 15 is 0 Å². The lowest BCUT2D eigenvalue weighted by Gasteiger charge is -2.19. The van der Waals surface area contributed by atoms with E-state index in [1.807, 2.05) is 25.1 Å². The lowest BCUT2D eigenvalue weighted by Crippen LogP contribution is -2.41. The minimum Gasteiger partial charge on any atom is -0.479 e. The Morgan fingerprint density at radius 3 is 2.50 bits per heavy atom. The smallest absolute Gasteiger partial charge is 0.260 e. The zero-order chi connectivity index (χ0) is 17.5. The van der Waals surface area contributed by atoms with Crippen molar-refractivity contribution in [2.45, 2.75) is 38.8 Å². The minimum absolute atomic E-state index is 0.0542. The van der Waals surface area contributed by atoms with Crippen molar-refractivity contribution in [3.63, 3.8) is 0 Å². The standard InChI is InChI=1S/C19H21Cl2NO2/c1-13(11-12-15-7-4-3-5-8-15)22-19(23)14(2)24-17-10-6-9-16(20)18(17)21/h3-10,13-14H,11-12H2,1-2H3,(H,22,23)/t13-,14+/m0/s1. The normalized spacial score (nSPS) is 13.2. The van der Waals surface area contributed by atoms with Gasteiger partial charge in [-0.05, 0) is 44.4 Å². The molecule has 1 amide bonds. The van der Waals surface area contributed by atoms with Gasteiger partial charge in [-0.15, -0.1) is 0 Å². The number of ether oxygens (including phenoxy) is 1. The molecule has 0 radical (unpaired) electrons. The number of aryl methyl sites for hydroxylation is 1. The number of hydrogen-bond acceptors (Lipinski definition) is 2. The van der Waals surface area contributed by atoms with E-state index in [1.54, 1.807) is 25.1 Å². The monoisotopic (exact) mass is 365 g/mol. The van der Waals surface area contributed by atoms with Crippen LogP contribution in [-0.4, -0.2) is 18.1 Å². The van der Waals surface area contributed by atoms with Gasteiger partial charge < -0.3 is 10.1 Å². The Bertz CT molecular complexity index is 676. The van der Waals surface area contributed by atoms with Crippen LogP contribution in [0.2, 0.25) is 10.0 Å². The molecule has 0 aliphatic heterocycles. The fourth-order valence-electron chi connectivity index (χ4n) is 2.28. The molecule has 2 aromatic carbocycles. The van der Waals surface area contributed by atoms with Gasteiger partial charge in [0, 0.05) is 6.04 Å². The number of carbonyl (C=O) groups excluding carboxylic acids is 1. The first kappa shape index (κ1) is 18.6. The Balaban J connectivity index is 1.83. The van der Waals surface area contributed by atoms with Crippen molar-refractivity contribution in [1.29, 1.82) is 0 Å².